The van der Waals surface area contributed by atoms with Gasteiger partial charge in [0, 0.05) is 18.9 Å². The molecule has 0 aliphatic carbocycles. The molecule has 5 nitrogen and oxygen atoms in total. The highest BCUT2D eigenvalue weighted by Gasteiger charge is 2.60. The number of hydroxylamine groups is 2. The molecule has 1 fully saturated rings. The molecule has 1 aliphatic heterocycles. The SMILES string of the molecule is CCC1CN(OC(C)=O)C(=O)C(C)(C)C1(O)c1cc(F)cc(F)c1. The Labute approximate surface area is 139 Å². The van der Waals surface area contributed by atoms with Crippen LogP contribution in [0.3, 0.4) is 0 Å². The molecule has 24 heavy (non-hydrogen) atoms. The molecule has 132 valence electrons. The highest BCUT2D eigenvalue weighted by atomic mass is 19.1. The lowest BCUT2D eigenvalue weighted by Crippen LogP contribution is -2.63. The predicted molar refractivity (Wildman–Crippen MR) is 81.3 cm³/mol. The first-order valence-corrected chi connectivity index (χ1v) is 7.73. The van der Waals surface area contributed by atoms with Crippen LogP contribution >= 0.6 is 0 Å². The van der Waals surface area contributed by atoms with Crippen molar-refractivity contribution in [2.24, 2.45) is 11.3 Å². The summed E-state index contributed by atoms with van der Waals surface area (Å²) in [6.45, 7) is 5.83. The molecule has 0 radical (unpaired) electrons. The van der Waals surface area contributed by atoms with E-state index >= 15 is 0 Å². The van der Waals surface area contributed by atoms with Gasteiger partial charge in [-0.3, -0.25) is 9.59 Å². The molecule has 0 aromatic heterocycles. The van der Waals surface area contributed by atoms with Gasteiger partial charge in [0.2, 0.25) is 0 Å². The van der Waals surface area contributed by atoms with Crippen LogP contribution in [0.4, 0.5) is 8.78 Å². The number of carbonyl (C=O) groups excluding carboxylic acids is 2. The number of hydrogen-bond donors (Lipinski definition) is 1. The Morgan fingerprint density at radius 1 is 1.33 bits per heavy atom. The molecule has 2 atom stereocenters. The minimum Gasteiger partial charge on any atom is -0.384 e. The molecule has 0 bridgehead atoms. The highest BCUT2D eigenvalue weighted by molar-refractivity contribution is 5.85. The van der Waals surface area contributed by atoms with Crippen molar-refractivity contribution in [3.05, 3.63) is 35.4 Å². The van der Waals surface area contributed by atoms with Gasteiger partial charge in [0.1, 0.15) is 17.2 Å². The van der Waals surface area contributed by atoms with E-state index < -0.39 is 40.4 Å². The van der Waals surface area contributed by atoms with E-state index in [1.54, 1.807) is 6.92 Å². The Morgan fingerprint density at radius 3 is 2.33 bits per heavy atom. The van der Waals surface area contributed by atoms with E-state index in [0.29, 0.717) is 12.5 Å². The fourth-order valence-electron chi connectivity index (χ4n) is 3.43. The second-order valence-corrected chi connectivity index (χ2v) is 6.60. The zero-order valence-electron chi connectivity index (χ0n) is 14.1. The molecule has 1 aromatic rings. The molecule has 1 aromatic carbocycles. The lowest BCUT2D eigenvalue weighted by molar-refractivity contribution is -0.243. The average Bonchev–Trinajstić information content (AvgIpc) is 2.47. The van der Waals surface area contributed by atoms with Crippen LogP contribution in [0, 0.1) is 23.0 Å². The van der Waals surface area contributed by atoms with Crippen molar-refractivity contribution in [2.45, 2.75) is 39.7 Å². The van der Waals surface area contributed by atoms with Crippen molar-refractivity contribution < 1.29 is 28.3 Å². The predicted octanol–water partition coefficient (Wildman–Crippen LogP) is 2.53. The Bertz CT molecular complexity index is 656. The van der Waals surface area contributed by atoms with E-state index in [9.17, 15) is 23.5 Å². The molecule has 1 N–H and O–H groups in total. The van der Waals surface area contributed by atoms with Crippen LogP contribution < -0.4 is 0 Å². The van der Waals surface area contributed by atoms with E-state index in [1.807, 2.05) is 0 Å². The van der Waals surface area contributed by atoms with Crippen molar-refractivity contribution in [1.29, 1.82) is 0 Å². The summed E-state index contributed by atoms with van der Waals surface area (Å²) in [4.78, 5) is 28.8. The van der Waals surface area contributed by atoms with Crippen LogP contribution in [-0.4, -0.2) is 28.6 Å². The maximum atomic E-state index is 13.7. The summed E-state index contributed by atoms with van der Waals surface area (Å²) in [7, 11) is 0. The second kappa shape index (κ2) is 6.12. The maximum Gasteiger partial charge on any atom is 0.329 e. The molecule has 7 heteroatoms. The minimum atomic E-state index is -1.81. The Morgan fingerprint density at radius 2 is 1.88 bits per heavy atom. The number of carbonyl (C=O) groups is 2. The monoisotopic (exact) mass is 341 g/mol. The molecular formula is C17H21F2NO4. The Balaban J connectivity index is 2.58. The van der Waals surface area contributed by atoms with E-state index in [1.165, 1.54) is 20.8 Å². The van der Waals surface area contributed by atoms with Crippen molar-refractivity contribution in [3.63, 3.8) is 0 Å². The third-order valence-corrected chi connectivity index (χ3v) is 4.73. The lowest BCUT2D eigenvalue weighted by Gasteiger charge is -2.52. The number of nitrogens with zero attached hydrogens (tertiary/aromatic N) is 1. The number of piperidine rings is 1. The third kappa shape index (κ3) is 2.77. The minimum absolute atomic E-state index is 0.00678. The number of rotatable bonds is 3. The Hall–Kier alpha value is -2.02. The summed E-state index contributed by atoms with van der Waals surface area (Å²) in [6.07, 6.45) is 0.406. The van der Waals surface area contributed by atoms with Gasteiger partial charge in [-0.2, -0.15) is 5.06 Å². The summed E-state index contributed by atoms with van der Waals surface area (Å²) >= 11 is 0. The van der Waals surface area contributed by atoms with Gasteiger partial charge in [0.05, 0.1) is 12.0 Å². The van der Waals surface area contributed by atoms with Crippen molar-refractivity contribution in [1.82, 2.24) is 5.06 Å². The molecule has 1 amide bonds. The summed E-state index contributed by atoms with van der Waals surface area (Å²) in [5.74, 6) is -3.53. The fraction of sp³-hybridized carbons (Fsp3) is 0.529. The number of halogens is 2. The van der Waals surface area contributed by atoms with Crippen LogP contribution in [0.1, 0.15) is 39.7 Å². The quantitative estimate of drug-likeness (QED) is 0.917. The van der Waals surface area contributed by atoms with Gasteiger partial charge >= 0.3 is 5.97 Å². The van der Waals surface area contributed by atoms with Crippen molar-refractivity contribution in [3.8, 4) is 0 Å². The molecule has 2 unspecified atom stereocenters. The van der Waals surface area contributed by atoms with Crippen LogP contribution in [0.2, 0.25) is 0 Å². The van der Waals surface area contributed by atoms with Gasteiger partial charge in [-0.05, 0) is 38.0 Å². The van der Waals surface area contributed by atoms with Gasteiger partial charge in [0.25, 0.3) is 5.91 Å². The normalized spacial score (nSPS) is 26.4. The molecule has 0 saturated carbocycles. The topological polar surface area (TPSA) is 66.8 Å². The smallest absolute Gasteiger partial charge is 0.329 e. The van der Waals surface area contributed by atoms with Gasteiger partial charge in [-0.1, -0.05) is 6.92 Å². The number of aliphatic hydroxyl groups is 1. The van der Waals surface area contributed by atoms with Crippen LogP contribution in [0.25, 0.3) is 0 Å². The van der Waals surface area contributed by atoms with E-state index in [-0.39, 0.29) is 12.1 Å². The second-order valence-electron chi connectivity index (χ2n) is 6.60. The van der Waals surface area contributed by atoms with Gasteiger partial charge in [-0.25, -0.2) is 8.78 Å². The maximum absolute atomic E-state index is 13.7. The standard InChI is InChI=1S/C17H21F2NO4/c1-5-11-9-20(24-10(2)21)15(22)16(3,4)17(11,23)12-6-13(18)8-14(19)7-12/h6-8,11,23H,5,9H2,1-4H3. The van der Waals surface area contributed by atoms with E-state index in [2.05, 4.69) is 0 Å². The van der Waals surface area contributed by atoms with Crippen LogP contribution in [-0.2, 0) is 20.0 Å². The Kier molecular flexibility index (Phi) is 4.68. The lowest BCUT2D eigenvalue weighted by atomic mass is 9.61. The van der Waals surface area contributed by atoms with Gasteiger partial charge < -0.3 is 9.94 Å². The molecule has 0 spiro atoms. The van der Waals surface area contributed by atoms with E-state index in [0.717, 1.165) is 17.2 Å². The summed E-state index contributed by atoms with van der Waals surface area (Å²) in [5, 5.41) is 12.3. The molecule has 2 rings (SSSR count). The molecular weight excluding hydrogens is 320 g/mol. The summed E-state index contributed by atoms with van der Waals surface area (Å²) in [6, 6.07) is 2.77. The number of benzene rings is 1. The molecule has 1 heterocycles. The third-order valence-electron chi connectivity index (χ3n) is 4.73. The molecule has 1 saturated heterocycles. The molecule has 1 aliphatic rings. The summed E-state index contributed by atoms with van der Waals surface area (Å²) in [5.41, 5.74) is -3.27. The zero-order valence-corrected chi connectivity index (χ0v) is 14.1. The largest absolute Gasteiger partial charge is 0.384 e. The number of amides is 1. The van der Waals surface area contributed by atoms with E-state index in [4.69, 9.17) is 4.84 Å². The average molecular weight is 341 g/mol. The highest BCUT2D eigenvalue weighted by Crippen LogP contribution is 2.51. The number of hydrogen-bond acceptors (Lipinski definition) is 4. The van der Waals surface area contributed by atoms with Crippen LogP contribution in [0.5, 0.6) is 0 Å². The first kappa shape index (κ1) is 18.3. The van der Waals surface area contributed by atoms with Gasteiger partial charge in [-0.15, -0.1) is 0 Å². The van der Waals surface area contributed by atoms with Crippen molar-refractivity contribution >= 4 is 11.9 Å². The van der Waals surface area contributed by atoms with Crippen molar-refractivity contribution in [2.75, 3.05) is 6.54 Å². The fourth-order valence-corrected chi connectivity index (χ4v) is 3.43. The zero-order chi connectivity index (χ0) is 18.3. The first-order chi connectivity index (χ1) is 11.0. The van der Waals surface area contributed by atoms with Crippen LogP contribution in [0.15, 0.2) is 18.2 Å². The van der Waals surface area contributed by atoms with Gasteiger partial charge in [0.15, 0.2) is 0 Å². The summed E-state index contributed by atoms with van der Waals surface area (Å²) < 4.78 is 27.3. The first-order valence-electron chi connectivity index (χ1n) is 7.73.